The van der Waals surface area contributed by atoms with Crippen molar-refractivity contribution in [2.45, 2.75) is 25.0 Å². The maximum Gasteiger partial charge on any atom is 0.264 e. The van der Waals surface area contributed by atoms with Crippen molar-refractivity contribution in [1.29, 1.82) is 0 Å². The molecule has 102 valence electrons. The highest BCUT2D eigenvalue weighted by Crippen LogP contribution is 2.32. The molecule has 0 aromatic heterocycles. The van der Waals surface area contributed by atoms with Crippen molar-refractivity contribution < 1.29 is 14.3 Å². The molecule has 0 bridgehead atoms. The number of nitrogens with one attached hydrogen (secondary N) is 1. The van der Waals surface area contributed by atoms with Crippen LogP contribution in [0.15, 0.2) is 24.3 Å². The molecule has 19 heavy (non-hydrogen) atoms. The van der Waals surface area contributed by atoms with Crippen LogP contribution in [0.3, 0.4) is 0 Å². The molecule has 1 aliphatic heterocycles. The van der Waals surface area contributed by atoms with Crippen LogP contribution in [0.4, 0.5) is 0 Å². The van der Waals surface area contributed by atoms with E-state index in [0.717, 1.165) is 0 Å². The van der Waals surface area contributed by atoms with Crippen molar-refractivity contribution in [3.8, 4) is 11.5 Å². The summed E-state index contributed by atoms with van der Waals surface area (Å²) < 4.78 is 11.1. The molecule has 0 radical (unpaired) electrons. The first-order chi connectivity index (χ1) is 9.24. The number of nitrogens with two attached hydrogens (primary N) is 1. The number of rotatable bonds is 4. The van der Waals surface area contributed by atoms with E-state index in [9.17, 15) is 4.79 Å². The Morgan fingerprint density at radius 1 is 1.37 bits per heavy atom. The van der Waals surface area contributed by atoms with E-state index >= 15 is 0 Å². The second-order valence-electron chi connectivity index (χ2n) is 5.11. The number of hydrogen-bond acceptors (Lipinski definition) is 4. The van der Waals surface area contributed by atoms with Gasteiger partial charge in [0.15, 0.2) is 11.5 Å². The minimum absolute atomic E-state index is 0.0562. The summed E-state index contributed by atoms with van der Waals surface area (Å²) in [6.45, 7) is 0.743. The lowest BCUT2D eigenvalue weighted by molar-refractivity contribution is -0.130. The summed E-state index contributed by atoms with van der Waals surface area (Å²) in [5.41, 5.74) is 5.95. The third-order valence-corrected chi connectivity index (χ3v) is 3.54. The molecular formula is C14H18N2O3. The number of carbonyl (C=O) groups excluding carboxylic acids is 1. The Hall–Kier alpha value is -1.75. The first-order valence-corrected chi connectivity index (χ1v) is 6.66. The Morgan fingerprint density at radius 3 is 2.84 bits per heavy atom. The third-order valence-electron chi connectivity index (χ3n) is 3.54. The molecule has 1 fully saturated rings. The van der Waals surface area contributed by atoms with Crippen molar-refractivity contribution in [3.63, 3.8) is 0 Å². The Balaban J connectivity index is 1.53. The number of hydrogen-bond donors (Lipinski definition) is 2. The van der Waals surface area contributed by atoms with Gasteiger partial charge >= 0.3 is 0 Å². The maximum atomic E-state index is 12.0. The van der Waals surface area contributed by atoms with Gasteiger partial charge in [0.05, 0.1) is 0 Å². The zero-order chi connectivity index (χ0) is 13.2. The molecule has 3 N–H and O–H groups in total. The highest BCUT2D eigenvalue weighted by molar-refractivity contribution is 5.81. The van der Waals surface area contributed by atoms with Gasteiger partial charge in [-0.3, -0.25) is 4.79 Å². The number of para-hydroxylation sites is 2. The highest BCUT2D eigenvalue weighted by atomic mass is 16.6. The van der Waals surface area contributed by atoms with Gasteiger partial charge in [0.2, 0.25) is 6.10 Å². The fourth-order valence-electron chi connectivity index (χ4n) is 2.17. The summed E-state index contributed by atoms with van der Waals surface area (Å²) in [6, 6.07) is 7.40. The molecule has 0 saturated heterocycles. The SMILES string of the molecule is NC(CNC(=O)C1COc2ccccc2O1)C1CC1. The quantitative estimate of drug-likeness (QED) is 0.837. The van der Waals surface area contributed by atoms with Crippen LogP contribution in [0.5, 0.6) is 11.5 Å². The Labute approximate surface area is 112 Å². The smallest absolute Gasteiger partial charge is 0.264 e. The molecule has 1 heterocycles. The van der Waals surface area contributed by atoms with Gasteiger partial charge in [-0.15, -0.1) is 0 Å². The summed E-state index contributed by atoms with van der Waals surface area (Å²) >= 11 is 0. The number of ether oxygens (including phenoxy) is 2. The predicted molar refractivity (Wildman–Crippen MR) is 70.1 cm³/mol. The normalized spacial score (nSPS) is 22.7. The average Bonchev–Trinajstić information content (AvgIpc) is 3.28. The number of amides is 1. The second kappa shape index (κ2) is 5.09. The highest BCUT2D eigenvalue weighted by Gasteiger charge is 2.31. The molecular weight excluding hydrogens is 244 g/mol. The molecule has 1 amide bonds. The molecule has 5 heteroatoms. The van der Waals surface area contributed by atoms with Gasteiger partial charge in [-0.2, -0.15) is 0 Å². The molecule has 2 aliphatic rings. The van der Waals surface area contributed by atoms with Crippen molar-refractivity contribution in [3.05, 3.63) is 24.3 Å². The van der Waals surface area contributed by atoms with E-state index in [2.05, 4.69) is 5.32 Å². The Kier molecular flexibility index (Phi) is 3.29. The van der Waals surface area contributed by atoms with Crippen LogP contribution < -0.4 is 20.5 Å². The van der Waals surface area contributed by atoms with Gasteiger partial charge in [0.25, 0.3) is 5.91 Å². The van der Waals surface area contributed by atoms with Crippen LogP contribution in [0.25, 0.3) is 0 Å². The molecule has 0 spiro atoms. The standard InChI is InChI=1S/C14H18N2O3/c15-10(9-5-6-9)7-16-14(17)13-8-18-11-3-1-2-4-12(11)19-13/h1-4,9-10,13H,5-8,15H2,(H,16,17). The molecule has 1 aliphatic carbocycles. The van der Waals surface area contributed by atoms with Crippen LogP contribution in [-0.4, -0.2) is 31.2 Å². The fraction of sp³-hybridized carbons (Fsp3) is 0.500. The van der Waals surface area contributed by atoms with Crippen molar-refractivity contribution in [2.75, 3.05) is 13.2 Å². The number of carbonyl (C=O) groups is 1. The summed E-state index contributed by atoms with van der Waals surface area (Å²) in [4.78, 5) is 12.0. The van der Waals surface area contributed by atoms with Gasteiger partial charge < -0.3 is 20.5 Å². The van der Waals surface area contributed by atoms with Crippen molar-refractivity contribution in [2.24, 2.45) is 11.7 Å². The Bertz CT molecular complexity index is 474. The average molecular weight is 262 g/mol. The maximum absolute atomic E-state index is 12.0. The first kappa shape index (κ1) is 12.3. The number of benzene rings is 1. The topological polar surface area (TPSA) is 73.6 Å². The summed E-state index contributed by atoms with van der Waals surface area (Å²) in [6.07, 6.45) is 1.75. The molecule has 3 rings (SSSR count). The van der Waals surface area contributed by atoms with Crippen molar-refractivity contribution in [1.82, 2.24) is 5.32 Å². The summed E-state index contributed by atoms with van der Waals surface area (Å²) in [7, 11) is 0. The molecule has 1 aromatic rings. The minimum atomic E-state index is -0.596. The van der Waals surface area contributed by atoms with Gasteiger partial charge in [-0.1, -0.05) is 12.1 Å². The van der Waals surface area contributed by atoms with Crippen LogP contribution in [0.2, 0.25) is 0 Å². The van der Waals surface area contributed by atoms with Gasteiger partial charge in [0.1, 0.15) is 6.61 Å². The van der Waals surface area contributed by atoms with Crippen LogP contribution >= 0.6 is 0 Å². The van der Waals surface area contributed by atoms with E-state index in [1.54, 1.807) is 6.07 Å². The summed E-state index contributed by atoms with van der Waals surface area (Å²) in [5, 5.41) is 2.84. The molecule has 1 saturated carbocycles. The second-order valence-corrected chi connectivity index (χ2v) is 5.11. The molecule has 2 unspecified atom stereocenters. The molecule has 5 nitrogen and oxygen atoms in total. The van der Waals surface area contributed by atoms with Crippen LogP contribution in [0.1, 0.15) is 12.8 Å². The Morgan fingerprint density at radius 2 is 2.11 bits per heavy atom. The van der Waals surface area contributed by atoms with Gasteiger partial charge in [-0.25, -0.2) is 0 Å². The summed E-state index contributed by atoms with van der Waals surface area (Å²) in [5.74, 6) is 1.71. The van der Waals surface area contributed by atoms with E-state index in [-0.39, 0.29) is 18.6 Å². The molecule has 2 atom stereocenters. The van der Waals surface area contributed by atoms with Crippen molar-refractivity contribution >= 4 is 5.91 Å². The lowest BCUT2D eigenvalue weighted by atomic mass is 10.2. The van der Waals surface area contributed by atoms with Crippen LogP contribution in [-0.2, 0) is 4.79 Å². The van der Waals surface area contributed by atoms with E-state index in [1.165, 1.54) is 12.8 Å². The first-order valence-electron chi connectivity index (χ1n) is 6.66. The zero-order valence-electron chi connectivity index (χ0n) is 10.7. The van der Waals surface area contributed by atoms with Gasteiger partial charge in [0, 0.05) is 12.6 Å². The minimum Gasteiger partial charge on any atom is -0.485 e. The fourth-order valence-corrected chi connectivity index (χ4v) is 2.17. The van der Waals surface area contributed by atoms with E-state index < -0.39 is 6.10 Å². The van der Waals surface area contributed by atoms with E-state index in [0.29, 0.717) is 24.0 Å². The largest absolute Gasteiger partial charge is 0.485 e. The lowest BCUT2D eigenvalue weighted by Crippen LogP contribution is -2.47. The third kappa shape index (κ3) is 2.81. The van der Waals surface area contributed by atoms with E-state index in [1.807, 2.05) is 18.2 Å². The number of fused-ring (bicyclic) bond motifs is 1. The van der Waals surface area contributed by atoms with E-state index in [4.69, 9.17) is 15.2 Å². The molecule has 1 aromatic carbocycles. The van der Waals surface area contributed by atoms with Crippen LogP contribution in [0, 0.1) is 5.92 Å². The predicted octanol–water partition coefficient (Wildman–Crippen LogP) is 0.680. The lowest BCUT2D eigenvalue weighted by Gasteiger charge is -2.26. The monoisotopic (exact) mass is 262 g/mol. The van der Waals surface area contributed by atoms with Gasteiger partial charge in [-0.05, 0) is 30.9 Å². The zero-order valence-corrected chi connectivity index (χ0v) is 10.7.